The van der Waals surface area contributed by atoms with Crippen LogP contribution in [0.3, 0.4) is 0 Å². The lowest BCUT2D eigenvalue weighted by atomic mass is 9.89. The Bertz CT molecular complexity index is 891. The van der Waals surface area contributed by atoms with Crippen molar-refractivity contribution in [3.05, 3.63) is 56.5 Å². The zero-order valence-electron chi connectivity index (χ0n) is 13.6. The van der Waals surface area contributed by atoms with Crippen LogP contribution in [-0.4, -0.2) is 32.5 Å². The van der Waals surface area contributed by atoms with Gasteiger partial charge in [-0.3, -0.25) is 14.9 Å². The predicted octanol–water partition coefficient (Wildman–Crippen LogP) is 2.89. The van der Waals surface area contributed by atoms with E-state index in [1.54, 1.807) is 30.9 Å². The van der Waals surface area contributed by atoms with Gasteiger partial charge in [0, 0.05) is 12.1 Å². The third-order valence-corrected chi connectivity index (χ3v) is 5.87. The van der Waals surface area contributed by atoms with Crippen LogP contribution in [0.25, 0.3) is 0 Å². The standard InChI is InChI=1S/C17H16N2O5S/c1-17(2)15(20)13(14-11(24-17)7-12(25-14)19(22)23)18-8-9-5-3-4-6-10(9)16(18)21/h3-7,13,15,20H,8H2,1-2H3/t13-,15+/m1/s1. The van der Waals surface area contributed by atoms with E-state index in [0.717, 1.165) is 16.9 Å². The van der Waals surface area contributed by atoms with Crippen molar-refractivity contribution in [2.45, 2.75) is 38.1 Å². The number of aliphatic hydroxyl groups excluding tert-OH is 1. The fourth-order valence-electron chi connectivity index (χ4n) is 3.43. The summed E-state index contributed by atoms with van der Waals surface area (Å²) >= 11 is 0.946. The number of nitro groups is 1. The molecule has 0 saturated carbocycles. The number of hydrogen-bond donors (Lipinski definition) is 1. The summed E-state index contributed by atoms with van der Waals surface area (Å²) in [5, 5.41) is 22.0. The Morgan fingerprint density at radius 3 is 2.80 bits per heavy atom. The normalized spacial score (nSPS) is 23.8. The fourth-order valence-corrected chi connectivity index (χ4v) is 4.48. The number of carbonyl (C=O) groups is 1. The topological polar surface area (TPSA) is 92.9 Å². The largest absolute Gasteiger partial charge is 0.484 e. The lowest BCUT2D eigenvalue weighted by Gasteiger charge is -2.43. The average molecular weight is 360 g/mol. The number of carbonyl (C=O) groups excluding carboxylic acids is 1. The molecule has 1 amide bonds. The minimum Gasteiger partial charge on any atom is -0.484 e. The van der Waals surface area contributed by atoms with E-state index < -0.39 is 22.7 Å². The van der Waals surface area contributed by atoms with E-state index in [0.29, 0.717) is 22.7 Å². The monoisotopic (exact) mass is 360 g/mol. The number of hydrogen-bond acceptors (Lipinski definition) is 6. The van der Waals surface area contributed by atoms with Crippen LogP contribution >= 0.6 is 11.3 Å². The molecule has 1 aromatic heterocycles. The van der Waals surface area contributed by atoms with Crippen molar-refractivity contribution in [1.82, 2.24) is 4.90 Å². The second-order valence-electron chi connectivity index (χ2n) is 6.76. The molecule has 7 nitrogen and oxygen atoms in total. The van der Waals surface area contributed by atoms with E-state index in [-0.39, 0.29) is 10.9 Å². The van der Waals surface area contributed by atoms with Gasteiger partial charge in [0.25, 0.3) is 5.91 Å². The Kier molecular flexibility index (Phi) is 3.38. The first kappa shape index (κ1) is 16.0. The molecule has 0 saturated heterocycles. The summed E-state index contributed by atoms with van der Waals surface area (Å²) in [6.07, 6.45) is -1.00. The number of aliphatic hydroxyl groups is 1. The SMILES string of the molecule is CC1(C)Oc2cc([N+](=O)[O-])sc2[C@@H](N2Cc3ccccc3C2=O)[C@@H]1O. The fraction of sp³-hybridized carbons (Fsp3) is 0.353. The van der Waals surface area contributed by atoms with Gasteiger partial charge in [-0.05, 0) is 25.5 Å². The Morgan fingerprint density at radius 1 is 1.40 bits per heavy atom. The summed E-state index contributed by atoms with van der Waals surface area (Å²) in [6.45, 7) is 3.79. The second-order valence-corrected chi connectivity index (χ2v) is 7.82. The van der Waals surface area contributed by atoms with E-state index >= 15 is 0 Å². The van der Waals surface area contributed by atoms with E-state index in [4.69, 9.17) is 4.74 Å². The number of benzene rings is 1. The van der Waals surface area contributed by atoms with Gasteiger partial charge < -0.3 is 14.7 Å². The maximum atomic E-state index is 12.8. The molecule has 0 unspecified atom stereocenters. The van der Waals surface area contributed by atoms with Crippen molar-refractivity contribution in [2.24, 2.45) is 0 Å². The van der Waals surface area contributed by atoms with Gasteiger partial charge in [0.2, 0.25) is 0 Å². The Labute approximate surface area is 147 Å². The van der Waals surface area contributed by atoms with Gasteiger partial charge in [-0.1, -0.05) is 29.5 Å². The first-order chi connectivity index (χ1) is 11.8. The lowest BCUT2D eigenvalue weighted by Crippen LogP contribution is -2.53. The summed E-state index contributed by atoms with van der Waals surface area (Å²) in [6, 6.07) is 7.98. The summed E-state index contributed by atoms with van der Waals surface area (Å²) in [7, 11) is 0. The van der Waals surface area contributed by atoms with Gasteiger partial charge in [-0.15, -0.1) is 0 Å². The number of thiophene rings is 1. The molecule has 0 spiro atoms. The molecule has 4 rings (SSSR count). The first-order valence-electron chi connectivity index (χ1n) is 7.83. The summed E-state index contributed by atoms with van der Waals surface area (Å²) < 4.78 is 5.78. The number of nitrogens with zero attached hydrogens (tertiary/aromatic N) is 2. The molecule has 2 atom stereocenters. The van der Waals surface area contributed by atoms with E-state index in [1.807, 2.05) is 12.1 Å². The highest BCUT2D eigenvalue weighted by molar-refractivity contribution is 7.15. The zero-order chi connectivity index (χ0) is 17.9. The molecule has 2 aromatic rings. The van der Waals surface area contributed by atoms with Crippen LogP contribution < -0.4 is 4.74 Å². The molecule has 2 aliphatic rings. The Hall–Kier alpha value is -2.45. The molecule has 1 aromatic carbocycles. The third kappa shape index (κ3) is 2.32. The lowest BCUT2D eigenvalue weighted by molar-refractivity contribution is -0.380. The molecular formula is C17H16N2O5S. The van der Waals surface area contributed by atoms with E-state index in [9.17, 15) is 20.0 Å². The van der Waals surface area contributed by atoms with Gasteiger partial charge >= 0.3 is 5.00 Å². The molecule has 25 heavy (non-hydrogen) atoms. The molecule has 0 radical (unpaired) electrons. The highest BCUT2D eigenvalue weighted by Crippen LogP contribution is 2.50. The molecule has 0 aliphatic carbocycles. The number of amides is 1. The Morgan fingerprint density at radius 2 is 2.12 bits per heavy atom. The second kappa shape index (κ2) is 5.27. The molecule has 0 bridgehead atoms. The van der Waals surface area contributed by atoms with Gasteiger partial charge in [-0.25, -0.2) is 0 Å². The molecule has 0 fully saturated rings. The van der Waals surface area contributed by atoms with Crippen LogP contribution in [0.1, 0.15) is 40.7 Å². The van der Waals surface area contributed by atoms with Gasteiger partial charge in [0.15, 0.2) is 0 Å². The predicted molar refractivity (Wildman–Crippen MR) is 90.7 cm³/mol. The van der Waals surface area contributed by atoms with E-state index in [1.165, 1.54) is 6.07 Å². The van der Waals surface area contributed by atoms with Crippen molar-refractivity contribution in [1.29, 1.82) is 0 Å². The quantitative estimate of drug-likeness (QED) is 0.657. The number of ether oxygens (including phenoxy) is 1. The van der Waals surface area contributed by atoms with E-state index in [2.05, 4.69) is 0 Å². The van der Waals surface area contributed by atoms with Crippen molar-refractivity contribution < 1.29 is 19.6 Å². The van der Waals surface area contributed by atoms with Crippen LogP contribution in [0, 0.1) is 10.1 Å². The van der Waals surface area contributed by atoms with Crippen LogP contribution in [0.5, 0.6) is 5.75 Å². The maximum Gasteiger partial charge on any atom is 0.328 e. The number of rotatable bonds is 2. The average Bonchev–Trinajstić information content (AvgIpc) is 3.10. The van der Waals surface area contributed by atoms with Crippen LogP contribution in [0.2, 0.25) is 0 Å². The smallest absolute Gasteiger partial charge is 0.328 e. The Balaban J connectivity index is 1.81. The van der Waals surface area contributed by atoms with Crippen molar-refractivity contribution in [3.63, 3.8) is 0 Å². The molecule has 1 N–H and O–H groups in total. The minimum atomic E-state index is -1.00. The molecule has 3 heterocycles. The molecule has 2 aliphatic heterocycles. The van der Waals surface area contributed by atoms with Crippen LogP contribution in [-0.2, 0) is 6.54 Å². The minimum absolute atomic E-state index is 0.0657. The molecular weight excluding hydrogens is 344 g/mol. The van der Waals surface area contributed by atoms with Crippen molar-refractivity contribution in [3.8, 4) is 5.75 Å². The highest BCUT2D eigenvalue weighted by atomic mass is 32.1. The first-order valence-corrected chi connectivity index (χ1v) is 8.65. The summed E-state index contributed by atoms with van der Waals surface area (Å²) in [5.74, 6) is 0.181. The summed E-state index contributed by atoms with van der Waals surface area (Å²) in [5.41, 5.74) is 0.519. The molecule has 130 valence electrons. The highest BCUT2D eigenvalue weighted by Gasteiger charge is 2.50. The van der Waals surface area contributed by atoms with Crippen LogP contribution in [0.4, 0.5) is 5.00 Å². The zero-order valence-corrected chi connectivity index (χ0v) is 14.4. The number of fused-ring (bicyclic) bond motifs is 2. The van der Waals surface area contributed by atoms with Gasteiger partial charge in [0.1, 0.15) is 23.5 Å². The van der Waals surface area contributed by atoms with Gasteiger partial charge in [0.05, 0.1) is 15.9 Å². The molecule has 8 heteroatoms. The third-order valence-electron chi connectivity index (χ3n) is 4.73. The van der Waals surface area contributed by atoms with Crippen molar-refractivity contribution >= 4 is 22.2 Å². The van der Waals surface area contributed by atoms with Crippen LogP contribution in [0.15, 0.2) is 30.3 Å². The van der Waals surface area contributed by atoms with Crippen molar-refractivity contribution in [2.75, 3.05) is 0 Å². The summed E-state index contributed by atoms with van der Waals surface area (Å²) in [4.78, 5) is 25.6. The van der Waals surface area contributed by atoms with Gasteiger partial charge in [-0.2, -0.15) is 0 Å². The maximum absolute atomic E-state index is 12.8.